The zero-order valence-corrected chi connectivity index (χ0v) is 18.4. The number of hydrogen-bond donors (Lipinski definition) is 0. The first-order valence-electron chi connectivity index (χ1n) is 5.44. The van der Waals surface area contributed by atoms with Crippen molar-refractivity contribution in [1.82, 2.24) is 0 Å². The van der Waals surface area contributed by atoms with E-state index < -0.39 is 0 Å². The molecule has 164 valence electrons. The van der Waals surface area contributed by atoms with E-state index in [4.69, 9.17) is 56.0 Å². The van der Waals surface area contributed by atoms with E-state index in [-0.39, 0.29) is 0 Å². The van der Waals surface area contributed by atoms with Crippen molar-refractivity contribution in [3.05, 3.63) is 66.5 Å². The molecule has 0 heterocycles. The fourth-order valence-electron chi connectivity index (χ4n) is 0.491. The molecule has 0 spiro atoms. The van der Waals surface area contributed by atoms with Crippen LogP contribution in [0.5, 0.6) is 0 Å². The molecule has 0 N–H and O–H groups in total. The summed E-state index contributed by atoms with van der Waals surface area (Å²) in [5.41, 5.74) is 0. The first kappa shape index (κ1) is 70.1. The standard InChI is InChI=1S/C7H12O2.10CO.2Cr/c1-3-8-6-5-7-9-4-2;10*1-2;;/h5-7H2,1-2H3;;;;;;;;;;;;. The first-order valence-corrected chi connectivity index (χ1v) is 6.71. The Morgan fingerprint density at radius 3 is 0.677 bits per heavy atom. The molecule has 0 amide bonds. The molecular weight excluding hydrogens is 500 g/mol. The first-order chi connectivity index (χ1) is 15.1. The second-order valence-electron chi connectivity index (χ2n) is 2.03. The van der Waals surface area contributed by atoms with Crippen LogP contribution in [-0.4, -0.2) is 22.3 Å². The maximum absolute atomic E-state index is 7.50. The van der Waals surface area contributed by atoms with Crippen molar-refractivity contribution in [2.45, 2.75) is 20.3 Å². The molecule has 0 aromatic carbocycles. The van der Waals surface area contributed by atoms with Gasteiger partial charge in [-0.3, -0.25) is 0 Å². The van der Waals surface area contributed by atoms with Crippen LogP contribution in [0.1, 0.15) is 20.3 Å². The van der Waals surface area contributed by atoms with E-state index in [1.165, 1.54) is 0 Å². The minimum atomic E-state index is 0.714. The van der Waals surface area contributed by atoms with Gasteiger partial charge in [0, 0.05) is 0 Å². The van der Waals surface area contributed by atoms with E-state index in [1.54, 1.807) is 0 Å². The van der Waals surface area contributed by atoms with Crippen molar-refractivity contribution in [3.63, 3.8) is 0 Å². The molecule has 0 atom stereocenters. The molecule has 14 heteroatoms. The molecule has 0 saturated heterocycles. The molecule has 0 aliphatic rings. The van der Waals surface area contributed by atoms with Gasteiger partial charge in [0.25, 0.3) is 0 Å². The second-order valence-corrected chi connectivity index (χ2v) is 3.83. The zero-order valence-electron chi connectivity index (χ0n) is 15.8. The van der Waals surface area contributed by atoms with Gasteiger partial charge in [-0.2, -0.15) is 0 Å². The van der Waals surface area contributed by atoms with Gasteiger partial charge in [0.2, 0.25) is 0 Å². The summed E-state index contributed by atoms with van der Waals surface area (Å²) in [6, 6.07) is 0. The van der Waals surface area contributed by atoms with Gasteiger partial charge in [0.15, 0.2) is 0 Å². The summed E-state index contributed by atoms with van der Waals surface area (Å²) in [5.74, 6) is 0. The fraction of sp³-hybridized carbons (Fsp3) is 0.294. The number of ether oxygens (including phenoxy) is 2. The Morgan fingerprint density at radius 2 is 0.581 bits per heavy atom. The SMILES string of the molecule is C[C](=[Cr])OCCCO[C](C)=[Cr].[C-]#[O+].[C-]#[O+].[C-]#[O+].[C-]#[O+].[C-]#[O+].[C-]#[O+].[C-]#[O+].[C-]#[O+].[C-]#[O+].[C-]#[O+]. The van der Waals surface area contributed by atoms with Gasteiger partial charge in [-0.1, -0.05) is 0 Å². The van der Waals surface area contributed by atoms with Crippen LogP contribution in [0.25, 0.3) is 0 Å². The Kier molecular flexibility index (Phi) is 562. The van der Waals surface area contributed by atoms with Crippen molar-refractivity contribution in [2.24, 2.45) is 0 Å². The number of hydrogen-bond acceptors (Lipinski definition) is 2. The van der Waals surface area contributed by atoms with E-state index in [1.807, 2.05) is 13.8 Å². The summed E-state index contributed by atoms with van der Waals surface area (Å²) in [5, 5.41) is 0. The Bertz CT molecular complexity index is 390. The van der Waals surface area contributed by atoms with Crippen LogP contribution in [0.3, 0.4) is 0 Å². The molecule has 12 nitrogen and oxygen atoms in total. The Labute approximate surface area is 196 Å². The summed E-state index contributed by atoms with van der Waals surface area (Å²) in [4.78, 5) is 0. The predicted molar refractivity (Wildman–Crippen MR) is 77.2 cm³/mol. The van der Waals surface area contributed by atoms with Crippen molar-refractivity contribution in [3.8, 4) is 0 Å². The van der Waals surface area contributed by atoms with Crippen LogP contribution in [0.4, 0.5) is 0 Å². The van der Waals surface area contributed by atoms with E-state index >= 15 is 0 Å². The summed E-state index contributed by atoms with van der Waals surface area (Å²) >= 11 is 5.56. The number of rotatable bonds is 6. The van der Waals surface area contributed by atoms with Crippen molar-refractivity contribution in [2.75, 3.05) is 13.2 Å². The van der Waals surface area contributed by atoms with Crippen LogP contribution >= 0.6 is 0 Å². The van der Waals surface area contributed by atoms with E-state index in [0.717, 1.165) is 15.6 Å². The average molecular weight is 512 g/mol. The van der Waals surface area contributed by atoms with Gasteiger partial charge < -0.3 is 0 Å². The topological polar surface area (TPSA) is 217 Å². The molecule has 0 fully saturated rings. The quantitative estimate of drug-likeness (QED) is 0.281. The van der Waals surface area contributed by atoms with Gasteiger partial charge >= 0.3 is 197 Å². The molecule has 0 saturated carbocycles. The summed E-state index contributed by atoms with van der Waals surface area (Å²) in [6.45, 7) is 50.2. The van der Waals surface area contributed by atoms with Crippen molar-refractivity contribution in [1.29, 1.82) is 0 Å². The molecule has 0 aromatic rings. The van der Waals surface area contributed by atoms with Gasteiger partial charge in [0.1, 0.15) is 0 Å². The Balaban J connectivity index is -0.0000000188. The molecular formula is C17H12Cr2O12. The predicted octanol–water partition coefficient (Wildman–Crippen LogP) is 0.428. The van der Waals surface area contributed by atoms with Crippen LogP contribution in [0, 0.1) is 66.5 Å². The Hall–Kier alpha value is -1.88. The van der Waals surface area contributed by atoms with Crippen LogP contribution in [0.2, 0.25) is 0 Å². The molecule has 0 unspecified atom stereocenters. The molecule has 0 aliphatic carbocycles. The monoisotopic (exact) mass is 512 g/mol. The van der Waals surface area contributed by atoms with Crippen LogP contribution in [-0.2, 0) is 87.7 Å². The molecule has 0 aromatic heterocycles. The van der Waals surface area contributed by atoms with Gasteiger partial charge in [-0.25, -0.2) is 0 Å². The second kappa shape index (κ2) is 249. The van der Waals surface area contributed by atoms with Crippen LogP contribution < -0.4 is 0 Å². The van der Waals surface area contributed by atoms with Gasteiger partial charge in [-0.15, -0.1) is 0 Å². The molecule has 0 bridgehead atoms. The molecule has 0 rings (SSSR count). The van der Waals surface area contributed by atoms with E-state index in [2.05, 4.69) is 98.2 Å². The summed E-state index contributed by atoms with van der Waals surface area (Å²) < 4.78 is 87.1. The fourth-order valence-corrected chi connectivity index (χ4v) is 0.751. The minimum absolute atomic E-state index is 0.714. The average Bonchev–Trinajstić information content (AvgIpc) is 2.91. The van der Waals surface area contributed by atoms with Crippen molar-refractivity contribution >= 4 is 9.13 Å². The summed E-state index contributed by atoms with van der Waals surface area (Å²) in [7, 11) is 0. The summed E-state index contributed by atoms with van der Waals surface area (Å²) in [6.07, 6.45) is 0.915. The van der Waals surface area contributed by atoms with Gasteiger partial charge in [0.05, 0.1) is 0 Å². The van der Waals surface area contributed by atoms with Crippen molar-refractivity contribution < 1.29 is 87.7 Å². The third kappa shape index (κ3) is 512. The van der Waals surface area contributed by atoms with E-state index in [9.17, 15) is 0 Å². The van der Waals surface area contributed by atoms with Gasteiger partial charge in [-0.05, 0) is 0 Å². The maximum atomic E-state index is 7.50. The normalized spacial score (nSPS) is 4.06. The third-order valence-corrected chi connectivity index (χ3v) is 1.27. The van der Waals surface area contributed by atoms with Crippen LogP contribution in [0.15, 0.2) is 0 Å². The zero-order chi connectivity index (χ0) is 28.7. The molecule has 0 radical (unpaired) electrons. The Morgan fingerprint density at radius 1 is 0.452 bits per heavy atom. The third-order valence-electron chi connectivity index (χ3n) is 0.899. The molecule has 31 heavy (non-hydrogen) atoms. The molecule has 0 aliphatic heterocycles. The van der Waals surface area contributed by atoms with E-state index in [0.29, 0.717) is 13.2 Å².